The topological polar surface area (TPSA) is 37.3 Å². The molecule has 156 valence electrons. The first kappa shape index (κ1) is 27.2. The van der Waals surface area contributed by atoms with Gasteiger partial charge in [0.1, 0.15) is 0 Å². The van der Waals surface area contributed by atoms with Gasteiger partial charge in [-0.3, -0.25) is 4.79 Å². The van der Waals surface area contributed by atoms with E-state index in [2.05, 4.69) is 6.92 Å². The molecular formula is C18H30Cl6O2. The number of halogens is 6. The summed E-state index contributed by atoms with van der Waals surface area (Å²) in [5.74, 6) is -0.659. The van der Waals surface area contributed by atoms with Crippen LogP contribution in [0.5, 0.6) is 0 Å². The summed E-state index contributed by atoms with van der Waals surface area (Å²) in [6.07, 6.45) is 11.5. The van der Waals surface area contributed by atoms with E-state index in [0.717, 1.165) is 12.8 Å². The summed E-state index contributed by atoms with van der Waals surface area (Å²) in [5, 5.41) is 5.79. The van der Waals surface area contributed by atoms with Gasteiger partial charge >= 0.3 is 5.97 Å². The highest BCUT2D eigenvalue weighted by molar-refractivity contribution is 6.45. The molecule has 8 heteroatoms. The third-order valence-electron chi connectivity index (χ3n) is 4.32. The summed E-state index contributed by atoms with van der Waals surface area (Å²) in [7, 11) is 0. The van der Waals surface area contributed by atoms with Crippen LogP contribution in [0.1, 0.15) is 71.1 Å². The molecule has 0 aromatic carbocycles. The molecule has 0 radical (unpaired) electrons. The monoisotopic (exact) mass is 488 g/mol. The van der Waals surface area contributed by atoms with Gasteiger partial charge in [-0.15, -0.1) is 69.6 Å². The molecule has 0 amide bonds. The minimum atomic E-state index is -0.659. The van der Waals surface area contributed by atoms with Crippen molar-refractivity contribution in [3.63, 3.8) is 0 Å². The molecule has 0 aromatic rings. The molecule has 0 unspecified atom stereocenters. The zero-order valence-electron chi connectivity index (χ0n) is 15.2. The normalized spacial score (nSPS) is 31.2. The Kier molecular flexibility index (Phi) is 16.8. The van der Waals surface area contributed by atoms with Gasteiger partial charge in [-0.2, -0.15) is 0 Å². The fraction of sp³-hybridized carbons (Fsp3) is 0.944. The van der Waals surface area contributed by atoms with Crippen molar-refractivity contribution < 1.29 is 9.90 Å². The maximum Gasteiger partial charge on any atom is 0.303 e. The molecule has 2 nitrogen and oxygen atoms in total. The Hall–Kier alpha value is 1.21. The van der Waals surface area contributed by atoms with Crippen molar-refractivity contribution >= 4 is 75.6 Å². The van der Waals surface area contributed by atoms with Crippen molar-refractivity contribution in [2.75, 3.05) is 0 Å². The van der Waals surface area contributed by atoms with E-state index in [9.17, 15) is 4.79 Å². The number of carbonyl (C=O) groups is 1. The lowest BCUT2D eigenvalue weighted by molar-refractivity contribution is -0.137. The van der Waals surface area contributed by atoms with E-state index in [0.29, 0.717) is 6.42 Å². The Bertz CT molecular complexity index is 313. The maximum absolute atomic E-state index is 10.2. The highest BCUT2D eigenvalue weighted by Crippen LogP contribution is 2.39. The van der Waals surface area contributed by atoms with Crippen LogP contribution in [0.2, 0.25) is 0 Å². The molecule has 0 aliphatic heterocycles. The molecule has 0 saturated heterocycles. The lowest BCUT2D eigenvalue weighted by Gasteiger charge is -2.37. The van der Waals surface area contributed by atoms with Gasteiger partial charge in [-0.25, -0.2) is 0 Å². The van der Waals surface area contributed by atoms with E-state index in [4.69, 9.17) is 74.7 Å². The van der Waals surface area contributed by atoms with Gasteiger partial charge in [-0.1, -0.05) is 58.3 Å². The van der Waals surface area contributed by atoms with Crippen molar-refractivity contribution in [3.05, 3.63) is 0 Å². The van der Waals surface area contributed by atoms with E-state index in [-0.39, 0.29) is 0 Å². The molecule has 1 aliphatic rings. The number of rotatable bonds is 10. The summed E-state index contributed by atoms with van der Waals surface area (Å²) >= 11 is 35.3. The Labute approximate surface area is 188 Å². The van der Waals surface area contributed by atoms with E-state index in [1.54, 1.807) is 0 Å². The molecule has 0 bridgehead atoms. The SMILES string of the molecule is CCCCCCCCCCCC(=O)O.Cl[C@H]1[C@H](Cl)[C@@H](Cl)[C@@H](Cl)[C@H](Cl)[C@H]1Cl. The number of unbranched alkanes of at least 4 members (excludes halogenated alkanes) is 8. The minimum absolute atomic E-state index is 0.343. The number of aliphatic carboxylic acids is 1. The molecular weight excluding hydrogens is 461 g/mol. The van der Waals surface area contributed by atoms with Crippen LogP contribution in [0.15, 0.2) is 0 Å². The van der Waals surface area contributed by atoms with Crippen molar-refractivity contribution in [1.82, 2.24) is 0 Å². The average molecular weight is 491 g/mol. The van der Waals surface area contributed by atoms with Crippen LogP contribution in [-0.4, -0.2) is 43.3 Å². The second-order valence-corrected chi connectivity index (χ2v) is 9.66. The largest absolute Gasteiger partial charge is 0.481 e. The van der Waals surface area contributed by atoms with Crippen LogP contribution in [0.4, 0.5) is 0 Å². The molecule has 0 heterocycles. The highest BCUT2D eigenvalue weighted by atomic mass is 35.5. The minimum Gasteiger partial charge on any atom is -0.481 e. The van der Waals surface area contributed by atoms with E-state index in [1.165, 1.54) is 44.9 Å². The number of carboxylic acid groups (broad SMARTS) is 1. The number of carboxylic acids is 1. The third-order valence-corrected chi connectivity index (χ3v) is 8.35. The van der Waals surface area contributed by atoms with Crippen molar-refractivity contribution in [2.24, 2.45) is 0 Å². The van der Waals surface area contributed by atoms with E-state index < -0.39 is 38.2 Å². The van der Waals surface area contributed by atoms with Crippen molar-refractivity contribution in [3.8, 4) is 0 Å². The summed E-state index contributed by atoms with van der Waals surface area (Å²) in [6.45, 7) is 2.23. The number of hydrogen-bond donors (Lipinski definition) is 1. The van der Waals surface area contributed by atoms with Crippen LogP contribution in [-0.2, 0) is 4.79 Å². The fourth-order valence-electron chi connectivity index (χ4n) is 2.64. The van der Waals surface area contributed by atoms with Gasteiger partial charge in [-0.05, 0) is 6.42 Å². The Morgan fingerprint density at radius 2 is 0.885 bits per heavy atom. The standard InChI is InChI=1S/C12H24O2.C6H6Cl6/c1-2-3-4-5-6-7-8-9-10-11-12(13)14;7-1-2(8)4(10)6(12)5(11)3(1)9/h2-11H2,1H3,(H,13,14);1-6H/t;1-,2-,3-,4+,5+,6+. The van der Waals surface area contributed by atoms with E-state index >= 15 is 0 Å². The second-order valence-electron chi connectivity index (χ2n) is 6.64. The van der Waals surface area contributed by atoms with Gasteiger partial charge in [0, 0.05) is 6.42 Å². The lowest BCUT2D eigenvalue weighted by atomic mass is 9.97. The highest BCUT2D eigenvalue weighted by Gasteiger charge is 2.46. The molecule has 0 spiro atoms. The molecule has 1 fully saturated rings. The summed E-state index contributed by atoms with van der Waals surface area (Å²) in [5.41, 5.74) is 0. The summed E-state index contributed by atoms with van der Waals surface area (Å²) in [4.78, 5) is 10.2. The molecule has 0 atom stereocenters. The van der Waals surface area contributed by atoms with Crippen LogP contribution >= 0.6 is 69.6 Å². The molecule has 26 heavy (non-hydrogen) atoms. The van der Waals surface area contributed by atoms with Gasteiger partial charge in [0.25, 0.3) is 0 Å². The van der Waals surface area contributed by atoms with Gasteiger partial charge in [0.05, 0.1) is 32.3 Å². The lowest BCUT2D eigenvalue weighted by Crippen LogP contribution is -2.52. The van der Waals surface area contributed by atoms with Gasteiger partial charge < -0.3 is 5.11 Å². The Morgan fingerprint density at radius 3 is 1.15 bits per heavy atom. The van der Waals surface area contributed by atoms with Crippen LogP contribution in [0.3, 0.4) is 0 Å². The molecule has 0 aromatic heterocycles. The molecule has 1 aliphatic carbocycles. The third kappa shape index (κ3) is 11.3. The van der Waals surface area contributed by atoms with Crippen molar-refractivity contribution in [1.29, 1.82) is 0 Å². The first-order chi connectivity index (χ1) is 12.2. The molecule has 1 saturated carbocycles. The van der Waals surface area contributed by atoms with Crippen molar-refractivity contribution in [2.45, 2.75) is 103 Å². The molecule has 1 N–H and O–H groups in total. The number of alkyl halides is 6. The smallest absolute Gasteiger partial charge is 0.303 e. The van der Waals surface area contributed by atoms with Crippen LogP contribution in [0, 0.1) is 0 Å². The quantitative estimate of drug-likeness (QED) is 0.252. The zero-order valence-corrected chi connectivity index (χ0v) is 19.7. The first-order valence-electron chi connectivity index (χ1n) is 9.30. The zero-order chi connectivity index (χ0) is 20.1. The molecule has 1 rings (SSSR count). The maximum atomic E-state index is 10.2. The second kappa shape index (κ2) is 16.1. The van der Waals surface area contributed by atoms with E-state index in [1.807, 2.05) is 0 Å². The number of hydrogen-bond acceptors (Lipinski definition) is 1. The summed E-state index contributed by atoms with van der Waals surface area (Å²) < 4.78 is 0. The first-order valence-corrected chi connectivity index (χ1v) is 11.9. The van der Waals surface area contributed by atoms with Crippen LogP contribution < -0.4 is 0 Å². The Morgan fingerprint density at radius 1 is 0.615 bits per heavy atom. The Balaban J connectivity index is 0.000000485. The van der Waals surface area contributed by atoms with Crippen LogP contribution in [0.25, 0.3) is 0 Å². The predicted molar refractivity (Wildman–Crippen MR) is 117 cm³/mol. The average Bonchev–Trinajstić information content (AvgIpc) is 2.62. The van der Waals surface area contributed by atoms with Gasteiger partial charge in [0.2, 0.25) is 0 Å². The predicted octanol–water partition coefficient (Wildman–Crippen LogP) is 7.64. The fourth-order valence-corrected chi connectivity index (χ4v) is 4.97. The van der Waals surface area contributed by atoms with Gasteiger partial charge in [0.15, 0.2) is 0 Å². The summed E-state index contributed by atoms with van der Waals surface area (Å²) in [6, 6.07) is 0.